The van der Waals surface area contributed by atoms with Crippen molar-refractivity contribution in [3.05, 3.63) is 12.2 Å². The van der Waals surface area contributed by atoms with E-state index in [1.807, 2.05) is 0 Å². The molecule has 0 heterocycles. The van der Waals surface area contributed by atoms with E-state index in [9.17, 15) is 0 Å². The second-order valence-electron chi connectivity index (χ2n) is 12.8. The third kappa shape index (κ3) is 4.49. The lowest BCUT2D eigenvalue weighted by Crippen LogP contribution is -2.50. The van der Waals surface area contributed by atoms with Gasteiger partial charge in [0.2, 0.25) is 0 Å². The maximum absolute atomic E-state index is 7.03. The fourth-order valence-electron chi connectivity index (χ4n) is 6.31. The Morgan fingerprint density at radius 3 is 2.40 bits per heavy atom. The Balaban J connectivity index is 1.66. The fourth-order valence-corrected chi connectivity index (χ4v) is 7.70. The lowest BCUT2D eigenvalue weighted by atomic mass is 9.62. The van der Waals surface area contributed by atoms with Crippen LogP contribution in [0.2, 0.25) is 18.1 Å². The van der Waals surface area contributed by atoms with Gasteiger partial charge in [0.25, 0.3) is 0 Å². The standard InChI is InChI=1S/C26H48O3Si/c1-23(2,3)30(8,9)29-22-13-11-16-25(6)21(22)14-17-26(25)18-20(26)12-10-15-24(4,5)28-19-27-7/h10,12,20-22H,11,13-19H2,1-9H3/b12-10+/t20-,21+,22+,25+,26+/m1/s1. The normalized spacial score (nSPS) is 37.2. The predicted octanol–water partition coefficient (Wildman–Crippen LogP) is 7.33. The average molecular weight is 437 g/mol. The number of ether oxygens (including phenoxy) is 2. The van der Waals surface area contributed by atoms with Crippen LogP contribution >= 0.6 is 0 Å². The molecule has 5 atom stereocenters. The molecule has 3 aliphatic carbocycles. The first-order chi connectivity index (χ1) is 13.8. The summed E-state index contributed by atoms with van der Waals surface area (Å²) in [5.41, 5.74) is 0.820. The molecule has 0 amide bonds. The van der Waals surface area contributed by atoms with E-state index in [0.29, 0.717) is 28.8 Å². The summed E-state index contributed by atoms with van der Waals surface area (Å²) in [4.78, 5) is 0. The average Bonchev–Trinajstić information content (AvgIpc) is 3.24. The Labute approximate surface area is 187 Å². The first kappa shape index (κ1) is 24.5. The van der Waals surface area contributed by atoms with Crippen molar-refractivity contribution in [1.29, 1.82) is 0 Å². The number of allylic oxidation sites excluding steroid dienone is 1. The van der Waals surface area contributed by atoms with Gasteiger partial charge in [0.05, 0.1) is 5.60 Å². The van der Waals surface area contributed by atoms with Crippen molar-refractivity contribution in [2.45, 2.75) is 116 Å². The van der Waals surface area contributed by atoms with Crippen LogP contribution in [-0.4, -0.2) is 33.9 Å². The number of fused-ring (bicyclic) bond motifs is 2. The third-order valence-corrected chi connectivity index (χ3v) is 13.9. The van der Waals surface area contributed by atoms with Gasteiger partial charge in [-0.2, -0.15) is 0 Å². The van der Waals surface area contributed by atoms with Crippen LogP contribution in [0, 0.1) is 22.7 Å². The molecule has 3 saturated carbocycles. The maximum Gasteiger partial charge on any atom is 0.192 e. The molecule has 0 aromatic heterocycles. The molecule has 174 valence electrons. The molecular formula is C26H48O3Si. The molecule has 0 aromatic rings. The van der Waals surface area contributed by atoms with Gasteiger partial charge in [-0.15, -0.1) is 0 Å². The Bertz CT molecular complexity index is 635. The summed E-state index contributed by atoms with van der Waals surface area (Å²) in [6.45, 7) is 19.3. The van der Waals surface area contributed by atoms with Crippen molar-refractivity contribution >= 4 is 8.32 Å². The highest BCUT2D eigenvalue weighted by Crippen LogP contribution is 2.76. The SMILES string of the molecule is COCOC(C)(C)C/C=C/[C@@H]1C[C@@]12CC[C@H]1[C@@H](O[Si](C)(C)C(C)(C)C)CCC[C@@]12C. The van der Waals surface area contributed by atoms with Gasteiger partial charge in [0, 0.05) is 13.2 Å². The minimum Gasteiger partial charge on any atom is -0.414 e. The molecule has 1 spiro atoms. The molecule has 0 aromatic carbocycles. The zero-order valence-electron chi connectivity index (χ0n) is 21.3. The summed E-state index contributed by atoms with van der Waals surface area (Å²) in [5, 5.41) is 0.291. The monoisotopic (exact) mass is 436 g/mol. The smallest absolute Gasteiger partial charge is 0.192 e. The summed E-state index contributed by atoms with van der Waals surface area (Å²) >= 11 is 0. The second-order valence-corrected chi connectivity index (χ2v) is 17.5. The molecule has 30 heavy (non-hydrogen) atoms. The lowest BCUT2D eigenvalue weighted by Gasteiger charge is -2.49. The highest BCUT2D eigenvalue weighted by Gasteiger charge is 2.70. The van der Waals surface area contributed by atoms with E-state index in [2.05, 4.69) is 66.8 Å². The van der Waals surface area contributed by atoms with Crippen LogP contribution in [0.15, 0.2) is 12.2 Å². The van der Waals surface area contributed by atoms with Gasteiger partial charge < -0.3 is 13.9 Å². The Morgan fingerprint density at radius 1 is 1.07 bits per heavy atom. The third-order valence-electron chi connectivity index (χ3n) is 9.42. The molecule has 3 fully saturated rings. The molecule has 3 nitrogen and oxygen atoms in total. The van der Waals surface area contributed by atoms with Gasteiger partial charge >= 0.3 is 0 Å². The molecule has 0 radical (unpaired) electrons. The first-order valence-electron chi connectivity index (χ1n) is 12.3. The maximum atomic E-state index is 7.03. The summed E-state index contributed by atoms with van der Waals surface area (Å²) in [6.07, 6.45) is 14.5. The number of rotatable bonds is 8. The fraction of sp³-hybridized carbons (Fsp3) is 0.923. The molecule has 3 rings (SSSR count). The molecule has 4 heteroatoms. The predicted molar refractivity (Wildman–Crippen MR) is 128 cm³/mol. The van der Waals surface area contributed by atoms with Crippen LogP contribution < -0.4 is 0 Å². The summed E-state index contributed by atoms with van der Waals surface area (Å²) in [7, 11) is -0.0355. The lowest BCUT2D eigenvalue weighted by molar-refractivity contribution is -0.112. The molecule has 0 saturated heterocycles. The van der Waals surface area contributed by atoms with E-state index in [-0.39, 0.29) is 5.60 Å². The zero-order valence-corrected chi connectivity index (χ0v) is 22.3. The van der Waals surface area contributed by atoms with Crippen molar-refractivity contribution in [1.82, 2.24) is 0 Å². The molecule has 0 bridgehead atoms. The van der Waals surface area contributed by atoms with Crippen molar-refractivity contribution in [2.75, 3.05) is 13.9 Å². The number of hydrogen-bond donors (Lipinski definition) is 0. The van der Waals surface area contributed by atoms with Gasteiger partial charge in [-0.1, -0.05) is 46.3 Å². The first-order valence-corrected chi connectivity index (χ1v) is 15.2. The van der Waals surface area contributed by atoms with Crippen LogP contribution in [0.25, 0.3) is 0 Å². The van der Waals surface area contributed by atoms with Crippen LogP contribution in [0.1, 0.15) is 86.5 Å². The van der Waals surface area contributed by atoms with Crippen molar-refractivity contribution in [2.24, 2.45) is 22.7 Å². The van der Waals surface area contributed by atoms with Crippen LogP contribution in [0.5, 0.6) is 0 Å². The molecule has 3 aliphatic rings. The van der Waals surface area contributed by atoms with E-state index >= 15 is 0 Å². The van der Waals surface area contributed by atoms with E-state index in [1.165, 1.54) is 38.5 Å². The van der Waals surface area contributed by atoms with Crippen LogP contribution in [-0.2, 0) is 13.9 Å². The summed E-state index contributed by atoms with van der Waals surface area (Å²) < 4.78 is 17.9. The van der Waals surface area contributed by atoms with Gasteiger partial charge in [-0.3, -0.25) is 0 Å². The molecule has 0 aliphatic heterocycles. The van der Waals surface area contributed by atoms with Gasteiger partial charge in [0.1, 0.15) is 6.79 Å². The highest BCUT2D eigenvalue weighted by molar-refractivity contribution is 6.74. The van der Waals surface area contributed by atoms with Crippen LogP contribution in [0.3, 0.4) is 0 Å². The summed E-state index contributed by atoms with van der Waals surface area (Å²) in [6, 6.07) is 0. The minimum absolute atomic E-state index is 0.163. The van der Waals surface area contributed by atoms with Gasteiger partial charge in [-0.05, 0) is 93.2 Å². The quantitative estimate of drug-likeness (QED) is 0.226. The number of methoxy groups -OCH3 is 1. The van der Waals surface area contributed by atoms with E-state index in [4.69, 9.17) is 13.9 Å². The van der Waals surface area contributed by atoms with E-state index < -0.39 is 8.32 Å². The van der Waals surface area contributed by atoms with Crippen molar-refractivity contribution in [3.8, 4) is 0 Å². The zero-order chi connectivity index (χ0) is 22.4. The summed E-state index contributed by atoms with van der Waals surface area (Å²) in [5.74, 6) is 1.50. The van der Waals surface area contributed by atoms with E-state index in [0.717, 1.165) is 18.3 Å². The largest absolute Gasteiger partial charge is 0.414 e. The van der Waals surface area contributed by atoms with Crippen molar-refractivity contribution < 1.29 is 13.9 Å². The van der Waals surface area contributed by atoms with Gasteiger partial charge in [-0.25, -0.2) is 0 Å². The molecule has 0 unspecified atom stereocenters. The van der Waals surface area contributed by atoms with Gasteiger partial charge in [0.15, 0.2) is 8.32 Å². The van der Waals surface area contributed by atoms with E-state index in [1.54, 1.807) is 7.11 Å². The Hall–Kier alpha value is -0.163. The highest BCUT2D eigenvalue weighted by atomic mass is 28.4. The molecule has 0 N–H and O–H groups in total. The van der Waals surface area contributed by atoms with Crippen LogP contribution in [0.4, 0.5) is 0 Å². The Kier molecular flexibility index (Phi) is 6.79. The molecular weight excluding hydrogens is 388 g/mol. The van der Waals surface area contributed by atoms with Crippen molar-refractivity contribution in [3.63, 3.8) is 0 Å². The number of hydrogen-bond acceptors (Lipinski definition) is 3. The second kappa shape index (κ2) is 8.32. The Morgan fingerprint density at radius 2 is 1.77 bits per heavy atom. The minimum atomic E-state index is -1.72. The topological polar surface area (TPSA) is 27.7 Å².